The van der Waals surface area contributed by atoms with Crippen LogP contribution < -0.4 is 15.2 Å². The van der Waals surface area contributed by atoms with Crippen LogP contribution in [0.3, 0.4) is 0 Å². The van der Waals surface area contributed by atoms with Crippen molar-refractivity contribution >= 4 is 9.84 Å². The third-order valence-corrected chi connectivity index (χ3v) is 6.27. The Bertz CT molecular complexity index is 626. The van der Waals surface area contributed by atoms with Crippen LogP contribution in [0.1, 0.15) is 58.1 Å². The second-order valence-corrected chi connectivity index (χ2v) is 8.23. The van der Waals surface area contributed by atoms with Gasteiger partial charge in [-0.3, -0.25) is 0 Å². The number of nitrogens with two attached hydrogens (primary N) is 1. The Labute approximate surface area is 146 Å². The number of hydrogen-bond acceptors (Lipinski definition) is 5. The smallest absolute Gasteiger partial charge is 0.179 e. The van der Waals surface area contributed by atoms with Gasteiger partial charge in [0.1, 0.15) is 0 Å². The monoisotopic (exact) mass is 357 g/mol. The van der Waals surface area contributed by atoms with Gasteiger partial charge < -0.3 is 15.2 Å². The summed E-state index contributed by atoms with van der Waals surface area (Å²) < 4.78 is 36.6. The first-order chi connectivity index (χ1) is 11.3. The number of benzene rings is 1. The molecule has 0 heterocycles. The lowest BCUT2D eigenvalue weighted by atomic mass is 10.0. The standard InChI is InChI=1S/C18H31NO4S/c1-6-8-9-14(7-2)12-24(20,21)18-11-17(23-5)16(22-4)10-15(18)13(3)19/h10-11,13-14H,6-9,12,19H2,1-5H3. The Morgan fingerprint density at radius 3 is 2.17 bits per heavy atom. The quantitative estimate of drug-likeness (QED) is 0.690. The van der Waals surface area contributed by atoms with Crippen molar-refractivity contribution in [2.45, 2.75) is 57.4 Å². The first kappa shape index (κ1) is 20.8. The van der Waals surface area contributed by atoms with Crippen molar-refractivity contribution in [2.75, 3.05) is 20.0 Å². The Hall–Kier alpha value is -1.27. The zero-order chi connectivity index (χ0) is 18.3. The lowest BCUT2D eigenvalue weighted by Gasteiger charge is -2.20. The second-order valence-electron chi connectivity index (χ2n) is 6.23. The van der Waals surface area contributed by atoms with E-state index in [0.29, 0.717) is 17.1 Å². The van der Waals surface area contributed by atoms with Crippen LogP contribution in [0.15, 0.2) is 17.0 Å². The SMILES string of the molecule is CCCCC(CC)CS(=O)(=O)c1cc(OC)c(OC)cc1C(C)N. The molecule has 2 N–H and O–H groups in total. The molecule has 0 spiro atoms. The molecule has 0 bridgehead atoms. The summed E-state index contributed by atoms with van der Waals surface area (Å²) in [6.45, 7) is 5.93. The summed E-state index contributed by atoms with van der Waals surface area (Å²) in [6, 6.07) is 2.80. The van der Waals surface area contributed by atoms with Gasteiger partial charge in [0.2, 0.25) is 0 Å². The van der Waals surface area contributed by atoms with Gasteiger partial charge in [-0.15, -0.1) is 0 Å². The second kappa shape index (κ2) is 9.28. The number of methoxy groups -OCH3 is 2. The summed E-state index contributed by atoms with van der Waals surface area (Å²) in [5.74, 6) is 1.19. The van der Waals surface area contributed by atoms with Crippen molar-refractivity contribution in [3.63, 3.8) is 0 Å². The topological polar surface area (TPSA) is 78.6 Å². The zero-order valence-electron chi connectivity index (χ0n) is 15.5. The average Bonchev–Trinajstić information content (AvgIpc) is 2.56. The maximum absolute atomic E-state index is 13.0. The minimum absolute atomic E-state index is 0.138. The molecule has 0 aliphatic heterocycles. The maximum atomic E-state index is 13.0. The molecule has 1 rings (SSSR count). The van der Waals surface area contributed by atoms with Crippen LogP contribution in [0.2, 0.25) is 0 Å². The molecule has 0 saturated carbocycles. The van der Waals surface area contributed by atoms with Crippen LogP contribution >= 0.6 is 0 Å². The van der Waals surface area contributed by atoms with Crippen molar-refractivity contribution in [1.82, 2.24) is 0 Å². The summed E-state index contributed by atoms with van der Waals surface area (Å²) in [5, 5.41) is 0. The summed E-state index contributed by atoms with van der Waals surface area (Å²) in [6.07, 6.45) is 3.88. The molecule has 2 atom stereocenters. The molecule has 138 valence electrons. The molecule has 6 heteroatoms. The highest BCUT2D eigenvalue weighted by Crippen LogP contribution is 2.36. The van der Waals surface area contributed by atoms with E-state index in [1.54, 1.807) is 19.1 Å². The van der Waals surface area contributed by atoms with Crippen LogP contribution in [0.5, 0.6) is 11.5 Å². The van der Waals surface area contributed by atoms with E-state index in [2.05, 4.69) is 6.92 Å². The fourth-order valence-corrected chi connectivity index (χ4v) is 4.89. The Kier molecular flexibility index (Phi) is 8.03. The first-order valence-corrected chi connectivity index (χ1v) is 10.2. The summed E-state index contributed by atoms with van der Waals surface area (Å²) >= 11 is 0. The third kappa shape index (κ3) is 5.11. The zero-order valence-corrected chi connectivity index (χ0v) is 16.3. The highest BCUT2D eigenvalue weighted by atomic mass is 32.2. The Balaban J connectivity index is 3.30. The van der Waals surface area contributed by atoms with Gasteiger partial charge in [0.05, 0.1) is 24.9 Å². The van der Waals surface area contributed by atoms with Crippen LogP contribution in [-0.4, -0.2) is 28.4 Å². The van der Waals surface area contributed by atoms with Gasteiger partial charge in [-0.1, -0.05) is 33.1 Å². The van der Waals surface area contributed by atoms with E-state index in [1.165, 1.54) is 14.2 Å². The molecule has 24 heavy (non-hydrogen) atoms. The number of unbranched alkanes of at least 4 members (excludes halogenated alkanes) is 1. The highest BCUT2D eigenvalue weighted by Gasteiger charge is 2.26. The largest absolute Gasteiger partial charge is 0.493 e. The number of ether oxygens (including phenoxy) is 2. The van der Waals surface area contributed by atoms with Crippen LogP contribution in [0.4, 0.5) is 0 Å². The highest BCUT2D eigenvalue weighted by molar-refractivity contribution is 7.91. The van der Waals surface area contributed by atoms with E-state index in [1.807, 2.05) is 6.92 Å². The van der Waals surface area contributed by atoms with E-state index in [9.17, 15) is 8.42 Å². The van der Waals surface area contributed by atoms with E-state index in [0.717, 1.165) is 25.7 Å². The van der Waals surface area contributed by atoms with Gasteiger partial charge >= 0.3 is 0 Å². The molecule has 2 unspecified atom stereocenters. The predicted octanol–water partition coefficient (Wildman–Crippen LogP) is 3.71. The average molecular weight is 358 g/mol. The number of hydrogen-bond donors (Lipinski definition) is 1. The lowest BCUT2D eigenvalue weighted by molar-refractivity contribution is 0.353. The van der Waals surface area contributed by atoms with Gasteiger partial charge in [-0.25, -0.2) is 8.42 Å². The first-order valence-electron chi connectivity index (χ1n) is 8.54. The maximum Gasteiger partial charge on any atom is 0.179 e. The van der Waals surface area contributed by atoms with Crippen molar-refractivity contribution in [1.29, 1.82) is 0 Å². The molecule has 0 fully saturated rings. The fraction of sp³-hybridized carbons (Fsp3) is 0.667. The molecule has 0 radical (unpaired) electrons. The molecule has 5 nitrogen and oxygen atoms in total. The van der Waals surface area contributed by atoms with Gasteiger partial charge in [0.25, 0.3) is 0 Å². The number of sulfone groups is 1. The Morgan fingerprint density at radius 1 is 1.12 bits per heavy atom. The summed E-state index contributed by atoms with van der Waals surface area (Å²) in [5.41, 5.74) is 6.58. The lowest BCUT2D eigenvalue weighted by Crippen LogP contribution is -2.20. The molecule has 1 aromatic carbocycles. The van der Waals surface area contributed by atoms with Gasteiger partial charge in [0, 0.05) is 12.1 Å². The molecule has 0 amide bonds. The predicted molar refractivity (Wildman–Crippen MR) is 97.5 cm³/mol. The normalized spacial score (nSPS) is 14.2. The fourth-order valence-electron chi connectivity index (χ4n) is 2.80. The van der Waals surface area contributed by atoms with Gasteiger partial charge in [-0.05, 0) is 30.9 Å². The molecule has 0 aliphatic rings. The van der Waals surface area contributed by atoms with Crippen molar-refractivity contribution < 1.29 is 17.9 Å². The molecule has 0 saturated heterocycles. The van der Waals surface area contributed by atoms with Crippen LogP contribution in [0, 0.1) is 5.92 Å². The molecule has 1 aromatic rings. The molecule has 0 aliphatic carbocycles. The number of rotatable bonds is 10. The van der Waals surface area contributed by atoms with Gasteiger partial charge in [-0.2, -0.15) is 0 Å². The van der Waals surface area contributed by atoms with E-state index in [-0.39, 0.29) is 16.6 Å². The van der Waals surface area contributed by atoms with Gasteiger partial charge in [0.15, 0.2) is 21.3 Å². The Morgan fingerprint density at radius 2 is 1.71 bits per heavy atom. The summed E-state index contributed by atoms with van der Waals surface area (Å²) in [7, 11) is -0.432. The minimum Gasteiger partial charge on any atom is -0.493 e. The third-order valence-electron chi connectivity index (χ3n) is 4.34. The molecule has 0 aromatic heterocycles. The van der Waals surface area contributed by atoms with Crippen LogP contribution in [-0.2, 0) is 9.84 Å². The van der Waals surface area contributed by atoms with E-state index in [4.69, 9.17) is 15.2 Å². The van der Waals surface area contributed by atoms with Crippen LogP contribution in [0.25, 0.3) is 0 Å². The van der Waals surface area contributed by atoms with Crippen molar-refractivity contribution in [3.05, 3.63) is 17.7 Å². The molecular weight excluding hydrogens is 326 g/mol. The van der Waals surface area contributed by atoms with Crippen molar-refractivity contribution in [3.8, 4) is 11.5 Å². The minimum atomic E-state index is -3.45. The van der Waals surface area contributed by atoms with Crippen molar-refractivity contribution in [2.24, 2.45) is 11.7 Å². The summed E-state index contributed by atoms with van der Waals surface area (Å²) in [4.78, 5) is 0.255. The molecular formula is C18H31NO4S. The van der Waals surface area contributed by atoms with E-state index < -0.39 is 15.9 Å². The van der Waals surface area contributed by atoms with E-state index >= 15 is 0 Å².